The predicted molar refractivity (Wildman–Crippen MR) is 110 cm³/mol. The second kappa shape index (κ2) is 11.1. The molecular formula is C19H25N3O5S2. The number of sulfonamides is 1. The lowest BCUT2D eigenvalue weighted by Gasteiger charge is -2.20. The van der Waals surface area contributed by atoms with E-state index in [1.807, 2.05) is 13.0 Å². The van der Waals surface area contributed by atoms with E-state index in [1.165, 1.54) is 11.5 Å². The molecule has 1 aromatic carbocycles. The maximum atomic E-state index is 12.9. The molecule has 10 heteroatoms. The summed E-state index contributed by atoms with van der Waals surface area (Å²) in [4.78, 5) is 24.3. The summed E-state index contributed by atoms with van der Waals surface area (Å²) in [7, 11) is -3.89. The zero-order valence-electron chi connectivity index (χ0n) is 16.1. The molecule has 0 saturated carbocycles. The van der Waals surface area contributed by atoms with Gasteiger partial charge in [0, 0.05) is 17.0 Å². The lowest BCUT2D eigenvalue weighted by atomic mass is 10.2. The Kier molecular flexibility index (Phi) is 8.77. The molecule has 0 fully saturated rings. The van der Waals surface area contributed by atoms with Gasteiger partial charge in [0.2, 0.25) is 0 Å². The number of thiophene rings is 1. The van der Waals surface area contributed by atoms with Gasteiger partial charge < -0.3 is 5.32 Å². The normalized spacial score (nSPS) is 11.4. The van der Waals surface area contributed by atoms with Crippen molar-refractivity contribution in [1.29, 1.82) is 0 Å². The number of nitrogens with zero attached hydrogens (tertiary/aromatic N) is 1. The van der Waals surface area contributed by atoms with Crippen LogP contribution in [-0.4, -0.2) is 42.8 Å². The topological polar surface area (TPSA) is 116 Å². The van der Waals surface area contributed by atoms with Gasteiger partial charge in [0.25, 0.3) is 21.8 Å². The van der Waals surface area contributed by atoms with Crippen LogP contribution in [0, 0.1) is 0 Å². The summed E-state index contributed by atoms with van der Waals surface area (Å²) in [6, 6.07) is 11.8. The van der Waals surface area contributed by atoms with Gasteiger partial charge in [-0.3, -0.25) is 14.8 Å². The monoisotopic (exact) mass is 439 g/mol. The van der Waals surface area contributed by atoms with Crippen molar-refractivity contribution < 1.29 is 23.2 Å². The van der Waals surface area contributed by atoms with E-state index in [9.17, 15) is 18.0 Å². The highest BCUT2D eigenvalue weighted by Crippen LogP contribution is 2.25. The fourth-order valence-electron chi connectivity index (χ4n) is 2.60. The number of amides is 2. The Labute approximate surface area is 174 Å². The molecule has 1 aromatic heterocycles. The van der Waals surface area contributed by atoms with Crippen molar-refractivity contribution >= 4 is 33.2 Å². The van der Waals surface area contributed by atoms with E-state index < -0.39 is 22.5 Å². The van der Waals surface area contributed by atoms with Gasteiger partial charge in [-0.1, -0.05) is 38.0 Å². The number of rotatable bonds is 11. The number of hydrogen-bond acceptors (Lipinski definition) is 6. The number of unbranched alkanes of at least 4 members (excludes halogenated alkanes) is 2. The summed E-state index contributed by atoms with van der Waals surface area (Å²) < 4.78 is 27.0. The molecule has 3 N–H and O–H groups in total. The van der Waals surface area contributed by atoms with Gasteiger partial charge in [-0.15, -0.1) is 11.3 Å². The molecule has 0 unspecified atom stereocenters. The Hall–Kier alpha value is -2.27. The van der Waals surface area contributed by atoms with E-state index in [-0.39, 0.29) is 23.2 Å². The summed E-state index contributed by atoms with van der Waals surface area (Å²) in [5, 5.41) is 11.5. The van der Waals surface area contributed by atoms with Crippen LogP contribution in [0.2, 0.25) is 0 Å². The molecule has 0 spiro atoms. The number of hydroxylamine groups is 1. The van der Waals surface area contributed by atoms with E-state index in [4.69, 9.17) is 5.21 Å². The molecule has 0 atom stereocenters. The highest BCUT2D eigenvalue weighted by atomic mass is 32.2. The largest absolute Gasteiger partial charge is 0.347 e. The summed E-state index contributed by atoms with van der Waals surface area (Å²) in [6.07, 6.45) is 2.35. The Bertz CT molecular complexity index is 913. The van der Waals surface area contributed by atoms with Crippen molar-refractivity contribution in [1.82, 2.24) is 15.1 Å². The van der Waals surface area contributed by atoms with Crippen LogP contribution < -0.4 is 10.8 Å². The SMILES string of the molecule is CCCCCN(CC(=O)NO)S(=O)(=O)c1ccc(CNC(=O)c2ccccc2)s1. The van der Waals surface area contributed by atoms with Crippen molar-refractivity contribution in [3.05, 3.63) is 52.9 Å². The van der Waals surface area contributed by atoms with Crippen molar-refractivity contribution in [3.63, 3.8) is 0 Å². The Morgan fingerprint density at radius 1 is 1.10 bits per heavy atom. The zero-order valence-corrected chi connectivity index (χ0v) is 17.8. The fourth-order valence-corrected chi connectivity index (χ4v) is 5.48. The zero-order chi connectivity index (χ0) is 21.3. The number of carbonyl (C=O) groups is 2. The van der Waals surface area contributed by atoms with Crippen molar-refractivity contribution in [2.24, 2.45) is 0 Å². The summed E-state index contributed by atoms with van der Waals surface area (Å²) in [5.41, 5.74) is 2.00. The maximum Gasteiger partial charge on any atom is 0.258 e. The molecule has 2 amide bonds. The molecule has 8 nitrogen and oxygen atoms in total. The van der Waals surface area contributed by atoms with E-state index in [0.717, 1.165) is 28.5 Å². The minimum atomic E-state index is -3.89. The number of carbonyl (C=O) groups excluding carboxylic acids is 2. The highest BCUT2D eigenvalue weighted by molar-refractivity contribution is 7.91. The van der Waals surface area contributed by atoms with Crippen LogP contribution in [0.5, 0.6) is 0 Å². The first-order valence-corrected chi connectivity index (χ1v) is 11.5. The van der Waals surface area contributed by atoms with Gasteiger partial charge in [0.15, 0.2) is 0 Å². The van der Waals surface area contributed by atoms with Crippen LogP contribution in [0.1, 0.15) is 41.4 Å². The highest BCUT2D eigenvalue weighted by Gasteiger charge is 2.27. The Balaban J connectivity index is 2.08. The quantitative estimate of drug-likeness (QED) is 0.282. The molecule has 1 heterocycles. The first-order chi connectivity index (χ1) is 13.9. The average Bonchev–Trinajstić information content (AvgIpc) is 3.21. The van der Waals surface area contributed by atoms with Gasteiger partial charge in [-0.05, 0) is 30.7 Å². The maximum absolute atomic E-state index is 12.9. The van der Waals surface area contributed by atoms with Crippen molar-refractivity contribution in [2.45, 2.75) is 36.9 Å². The smallest absolute Gasteiger partial charge is 0.258 e. The molecule has 0 bridgehead atoms. The lowest BCUT2D eigenvalue weighted by Crippen LogP contribution is -2.40. The molecule has 0 radical (unpaired) electrons. The second-order valence-corrected chi connectivity index (χ2v) is 9.68. The third-order valence-corrected chi connectivity index (χ3v) is 7.54. The minimum absolute atomic E-state index is 0.0868. The van der Waals surface area contributed by atoms with Gasteiger partial charge in [-0.25, -0.2) is 13.9 Å². The molecule has 2 rings (SSSR count). The molecule has 0 aliphatic rings. The van der Waals surface area contributed by atoms with E-state index >= 15 is 0 Å². The predicted octanol–water partition coefficient (Wildman–Crippen LogP) is 2.36. The van der Waals surface area contributed by atoms with Crippen LogP contribution in [0.15, 0.2) is 46.7 Å². The van der Waals surface area contributed by atoms with Crippen LogP contribution in [0.25, 0.3) is 0 Å². The molecule has 0 aliphatic heterocycles. The Morgan fingerprint density at radius 2 is 1.83 bits per heavy atom. The third-order valence-electron chi connectivity index (χ3n) is 4.15. The van der Waals surface area contributed by atoms with E-state index in [2.05, 4.69) is 5.32 Å². The minimum Gasteiger partial charge on any atom is -0.347 e. The summed E-state index contributed by atoms with van der Waals surface area (Å²) in [5.74, 6) is -1.04. The second-order valence-electron chi connectivity index (χ2n) is 6.35. The van der Waals surface area contributed by atoms with E-state index in [1.54, 1.807) is 30.3 Å². The number of nitrogens with one attached hydrogen (secondary N) is 2. The molecule has 2 aromatic rings. The van der Waals surface area contributed by atoms with Crippen LogP contribution >= 0.6 is 11.3 Å². The van der Waals surface area contributed by atoms with Gasteiger partial charge in [0.05, 0.1) is 13.1 Å². The molecule has 0 saturated heterocycles. The van der Waals surface area contributed by atoms with Crippen molar-refractivity contribution in [2.75, 3.05) is 13.1 Å². The number of benzene rings is 1. The van der Waals surface area contributed by atoms with Crippen LogP contribution in [-0.2, 0) is 21.4 Å². The van der Waals surface area contributed by atoms with Crippen LogP contribution in [0.3, 0.4) is 0 Å². The lowest BCUT2D eigenvalue weighted by molar-refractivity contribution is -0.129. The van der Waals surface area contributed by atoms with Gasteiger partial charge >= 0.3 is 0 Å². The summed E-state index contributed by atoms with van der Waals surface area (Å²) >= 11 is 1.04. The fraction of sp³-hybridized carbons (Fsp3) is 0.368. The van der Waals surface area contributed by atoms with E-state index in [0.29, 0.717) is 16.9 Å². The molecular weight excluding hydrogens is 414 g/mol. The molecule has 0 aliphatic carbocycles. The summed E-state index contributed by atoms with van der Waals surface area (Å²) in [6.45, 7) is 1.91. The first-order valence-electron chi connectivity index (χ1n) is 9.23. The molecule has 29 heavy (non-hydrogen) atoms. The van der Waals surface area contributed by atoms with Crippen LogP contribution in [0.4, 0.5) is 0 Å². The standard InChI is InChI=1S/C19H25N3O5S2/c1-2-3-7-12-22(14-17(23)21-25)29(26,27)18-11-10-16(28-18)13-20-19(24)15-8-5-4-6-9-15/h4-6,8-11,25H,2-3,7,12-14H2,1H3,(H,20,24)(H,21,23). The molecule has 158 valence electrons. The average molecular weight is 440 g/mol. The first kappa shape index (κ1) is 23.0. The van der Waals surface area contributed by atoms with Gasteiger partial charge in [0.1, 0.15) is 4.21 Å². The van der Waals surface area contributed by atoms with Crippen molar-refractivity contribution in [3.8, 4) is 0 Å². The van der Waals surface area contributed by atoms with Gasteiger partial charge in [-0.2, -0.15) is 4.31 Å². The third kappa shape index (κ3) is 6.64. The Morgan fingerprint density at radius 3 is 2.48 bits per heavy atom. The number of hydrogen-bond donors (Lipinski definition) is 3.